The normalized spacial score (nSPS) is 18.3. The lowest BCUT2D eigenvalue weighted by Gasteiger charge is -2.23. The van der Waals surface area contributed by atoms with Gasteiger partial charge in [0.15, 0.2) is 6.54 Å². The number of carbonyl (C=O) groups excluding carboxylic acids is 1. The fourth-order valence-electron chi connectivity index (χ4n) is 3.77. The summed E-state index contributed by atoms with van der Waals surface area (Å²) in [5, 5.41) is 3.62. The van der Waals surface area contributed by atoms with Gasteiger partial charge in [-0.1, -0.05) is 11.6 Å². The van der Waals surface area contributed by atoms with E-state index in [-0.39, 0.29) is 11.9 Å². The molecular weight excluding hydrogens is 392 g/mol. The molecule has 2 atom stereocenters. The summed E-state index contributed by atoms with van der Waals surface area (Å²) in [6.45, 7) is 2.25. The average Bonchev–Trinajstić information content (AvgIpc) is 3.19. The highest BCUT2D eigenvalue weighted by Crippen LogP contribution is 2.31. The molecule has 2 aromatic carbocycles. The van der Waals surface area contributed by atoms with Crippen molar-refractivity contribution in [3.63, 3.8) is 0 Å². The predicted molar refractivity (Wildman–Crippen MR) is 112 cm³/mol. The molecule has 2 aromatic rings. The van der Waals surface area contributed by atoms with Crippen molar-refractivity contribution >= 4 is 17.5 Å². The van der Waals surface area contributed by atoms with Crippen LogP contribution in [0.3, 0.4) is 0 Å². The van der Waals surface area contributed by atoms with E-state index in [0.717, 1.165) is 42.2 Å². The zero-order valence-corrected chi connectivity index (χ0v) is 17.6. The molecule has 0 spiro atoms. The maximum absolute atomic E-state index is 12.4. The van der Waals surface area contributed by atoms with Crippen molar-refractivity contribution in [1.29, 1.82) is 0 Å². The minimum Gasteiger partial charge on any atom is -0.497 e. The summed E-state index contributed by atoms with van der Waals surface area (Å²) in [7, 11) is 3.33. The standard InChI is InChI=1S/C22H27ClN2O4/c1-27-18-9-10-21(28-2)19(14-18)20-4-3-12-25(20)15-22(26)24-11-13-29-17-7-5-16(23)6-8-17/h5-10,14,20H,3-4,11-13,15H2,1-2H3,(H,24,26)/p+1/t20-/m0/s1. The summed E-state index contributed by atoms with van der Waals surface area (Å²) in [5.41, 5.74) is 1.10. The van der Waals surface area contributed by atoms with Gasteiger partial charge in [-0.2, -0.15) is 0 Å². The quantitative estimate of drug-likeness (QED) is 0.612. The van der Waals surface area contributed by atoms with E-state index in [1.54, 1.807) is 26.4 Å². The highest BCUT2D eigenvalue weighted by Gasteiger charge is 2.33. The lowest BCUT2D eigenvalue weighted by molar-refractivity contribution is -0.910. The fraction of sp³-hybridized carbons (Fsp3) is 0.409. The van der Waals surface area contributed by atoms with Crippen LogP contribution in [0.1, 0.15) is 24.4 Å². The predicted octanol–water partition coefficient (Wildman–Crippen LogP) is 2.27. The molecule has 1 aliphatic heterocycles. The number of ether oxygens (including phenoxy) is 3. The molecule has 2 N–H and O–H groups in total. The van der Waals surface area contributed by atoms with Crippen LogP contribution in [0.4, 0.5) is 0 Å². The molecule has 1 fully saturated rings. The van der Waals surface area contributed by atoms with Crippen molar-refractivity contribution in [3.8, 4) is 17.2 Å². The van der Waals surface area contributed by atoms with Crippen LogP contribution in [-0.4, -0.2) is 46.4 Å². The molecule has 156 valence electrons. The maximum Gasteiger partial charge on any atom is 0.275 e. The van der Waals surface area contributed by atoms with Crippen LogP contribution in [0.2, 0.25) is 5.02 Å². The molecule has 0 saturated carbocycles. The van der Waals surface area contributed by atoms with Crippen molar-refractivity contribution in [2.45, 2.75) is 18.9 Å². The van der Waals surface area contributed by atoms with Gasteiger partial charge < -0.3 is 24.4 Å². The number of carbonyl (C=O) groups is 1. The first-order valence-corrected chi connectivity index (χ1v) is 10.2. The van der Waals surface area contributed by atoms with Crippen LogP contribution < -0.4 is 24.4 Å². The van der Waals surface area contributed by atoms with Gasteiger partial charge in [0.25, 0.3) is 5.91 Å². The topological polar surface area (TPSA) is 61.2 Å². The molecule has 0 aromatic heterocycles. The van der Waals surface area contributed by atoms with E-state index in [9.17, 15) is 4.79 Å². The minimum atomic E-state index is 0.0217. The Morgan fingerprint density at radius 3 is 2.62 bits per heavy atom. The lowest BCUT2D eigenvalue weighted by atomic mass is 10.0. The summed E-state index contributed by atoms with van der Waals surface area (Å²) in [5.74, 6) is 2.40. The number of hydrogen-bond acceptors (Lipinski definition) is 4. The van der Waals surface area contributed by atoms with Gasteiger partial charge in [-0.25, -0.2) is 0 Å². The molecule has 29 heavy (non-hydrogen) atoms. The van der Waals surface area contributed by atoms with Crippen LogP contribution >= 0.6 is 11.6 Å². The second-order valence-electron chi connectivity index (χ2n) is 7.04. The van der Waals surface area contributed by atoms with Gasteiger partial charge in [0.1, 0.15) is 29.9 Å². The smallest absolute Gasteiger partial charge is 0.275 e. The summed E-state index contributed by atoms with van der Waals surface area (Å²) in [4.78, 5) is 13.7. The molecule has 0 bridgehead atoms. The third-order valence-electron chi connectivity index (χ3n) is 5.19. The van der Waals surface area contributed by atoms with Gasteiger partial charge in [-0.3, -0.25) is 4.79 Å². The first kappa shape index (κ1) is 21.3. The van der Waals surface area contributed by atoms with Gasteiger partial charge in [-0.15, -0.1) is 0 Å². The van der Waals surface area contributed by atoms with E-state index in [2.05, 4.69) is 5.32 Å². The maximum atomic E-state index is 12.4. The molecule has 1 aliphatic rings. The van der Waals surface area contributed by atoms with E-state index in [4.69, 9.17) is 25.8 Å². The number of halogens is 1. The van der Waals surface area contributed by atoms with Crippen LogP contribution in [0.5, 0.6) is 17.2 Å². The Bertz CT molecular complexity index is 813. The minimum absolute atomic E-state index is 0.0217. The molecule has 1 unspecified atom stereocenters. The molecule has 0 radical (unpaired) electrons. The molecule has 7 heteroatoms. The number of quaternary nitrogens is 1. The number of nitrogens with one attached hydrogen (secondary N) is 2. The Morgan fingerprint density at radius 2 is 1.90 bits per heavy atom. The number of amides is 1. The van der Waals surface area contributed by atoms with Crippen LogP contribution in [0.15, 0.2) is 42.5 Å². The Labute approximate surface area is 176 Å². The molecule has 1 heterocycles. The Hall–Kier alpha value is -2.44. The second kappa shape index (κ2) is 10.4. The van der Waals surface area contributed by atoms with Crippen molar-refractivity contribution in [1.82, 2.24) is 5.32 Å². The first-order valence-electron chi connectivity index (χ1n) is 9.82. The monoisotopic (exact) mass is 419 g/mol. The second-order valence-corrected chi connectivity index (χ2v) is 7.48. The zero-order chi connectivity index (χ0) is 20.6. The third kappa shape index (κ3) is 5.78. The highest BCUT2D eigenvalue weighted by atomic mass is 35.5. The third-order valence-corrected chi connectivity index (χ3v) is 5.44. The molecule has 1 saturated heterocycles. The SMILES string of the molecule is COc1ccc(OC)c([C@@H]2CCC[NH+]2CC(=O)NCCOc2ccc(Cl)cc2)c1. The van der Waals surface area contributed by atoms with Crippen LogP contribution in [0, 0.1) is 0 Å². The zero-order valence-electron chi connectivity index (χ0n) is 16.9. The Balaban J connectivity index is 1.51. The van der Waals surface area contributed by atoms with Gasteiger partial charge in [0.2, 0.25) is 0 Å². The van der Waals surface area contributed by atoms with E-state index >= 15 is 0 Å². The van der Waals surface area contributed by atoms with E-state index in [0.29, 0.717) is 24.7 Å². The largest absolute Gasteiger partial charge is 0.497 e. The van der Waals surface area contributed by atoms with Gasteiger partial charge in [0.05, 0.1) is 32.9 Å². The van der Waals surface area contributed by atoms with E-state index in [1.165, 1.54) is 4.90 Å². The van der Waals surface area contributed by atoms with Crippen molar-refractivity contribution in [2.75, 3.05) is 40.5 Å². The number of hydrogen-bond donors (Lipinski definition) is 2. The van der Waals surface area contributed by atoms with Crippen molar-refractivity contribution in [2.24, 2.45) is 0 Å². The summed E-state index contributed by atoms with van der Waals surface area (Å²) in [6, 6.07) is 13.2. The average molecular weight is 420 g/mol. The van der Waals surface area contributed by atoms with Crippen LogP contribution in [-0.2, 0) is 4.79 Å². The summed E-state index contributed by atoms with van der Waals surface area (Å²) < 4.78 is 16.5. The highest BCUT2D eigenvalue weighted by molar-refractivity contribution is 6.30. The number of rotatable bonds is 9. The molecule has 0 aliphatic carbocycles. The first-order chi connectivity index (χ1) is 14.1. The van der Waals surface area contributed by atoms with Crippen molar-refractivity contribution in [3.05, 3.63) is 53.1 Å². The van der Waals surface area contributed by atoms with E-state index < -0.39 is 0 Å². The molecular formula is C22H28ClN2O4+. The Morgan fingerprint density at radius 1 is 1.14 bits per heavy atom. The lowest BCUT2D eigenvalue weighted by Crippen LogP contribution is -3.11. The summed E-state index contributed by atoms with van der Waals surface area (Å²) >= 11 is 5.86. The Kier molecular flexibility index (Phi) is 7.61. The fourth-order valence-corrected chi connectivity index (χ4v) is 3.90. The van der Waals surface area contributed by atoms with Crippen LogP contribution in [0.25, 0.3) is 0 Å². The summed E-state index contributed by atoms with van der Waals surface area (Å²) in [6.07, 6.45) is 2.10. The number of benzene rings is 2. The molecule has 3 rings (SSSR count). The van der Waals surface area contributed by atoms with Gasteiger partial charge in [0, 0.05) is 17.9 Å². The number of methoxy groups -OCH3 is 2. The molecule has 6 nitrogen and oxygen atoms in total. The van der Waals surface area contributed by atoms with Crippen molar-refractivity contribution < 1.29 is 23.9 Å². The van der Waals surface area contributed by atoms with Gasteiger partial charge in [-0.05, 0) is 42.5 Å². The molecule has 1 amide bonds. The van der Waals surface area contributed by atoms with Gasteiger partial charge >= 0.3 is 0 Å². The van der Waals surface area contributed by atoms with E-state index in [1.807, 2.05) is 30.3 Å². The number of likely N-dealkylation sites (tertiary alicyclic amines) is 1.